The fourth-order valence-corrected chi connectivity index (χ4v) is 1.64. The van der Waals surface area contributed by atoms with Crippen molar-refractivity contribution in [2.24, 2.45) is 5.73 Å². The van der Waals surface area contributed by atoms with E-state index in [-0.39, 0.29) is 13.0 Å². The number of hydrogen-bond donors (Lipinski definition) is 4. The van der Waals surface area contributed by atoms with E-state index >= 15 is 0 Å². The Morgan fingerprint density at radius 1 is 1.33 bits per heavy atom. The first-order valence-corrected chi connectivity index (χ1v) is 6.74. The van der Waals surface area contributed by atoms with E-state index in [0.29, 0.717) is 5.69 Å². The lowest BCUT2D eigenvalue weighted by Gasteiger charge is -2.01. The first-order valence-electron chi connectivity index (χ1n) is 6.74. The quantitative estimate of drug-likeness (QED) is 0.633. The molecule has 0 bridgehead atoms. The van der Waals surface area contributed by atoms with Gasteiger partial charge in [-0.2, -0.15) is 0 Å². The number of aromatic nitrogens is 2. The lowest BCUT2D eigenvalue weighted by Crippen LogP contribution is -2.32. The van der Waals surface area contributed by atoms with Crippen LogP contribution in [0.3, 0.4) is 0 Å². The highest BCUT2D eigenvalue weighted by Gasteiger charge is 2.12. The summed E-state index contributed by atoms with van der Waals surface area (Å²) >= 11 is 0. The van der Waals surface area contributed by atoms with Crippen LogP contribution < -0.4 is 5.73 Å². The zero-order chi connectivity index (χ0) is 15.5. The van der Waals surface area contributed by atoms with Gasteiger partial charge in [0.15, 0.2) is 0 Å². The van der Waals surface area contributed by atoms with Gasteiger partial charge in [0.05, 0.1) is 12.0 Å². The van der Waals surface area contributed by atoms with Crippen LogP contribution in [0.5, 0.6) is 0 Å². The molecule has 1 unspecified atom stereocenters. The van der Waals surface area contributed by atoms with Crippen molar-refractivity contribution in [1.82, 2.24) is 9.97 Å². The molecule has 0 spiro atoms. The van der Waals surface area contributed by atoms with Gasteiger partial charge < -0.3 is 20.9 Å². The summed E-state index contributed by atoms with van der Waals surface area (Å²) in [4.78, 5) is 16.8. The van der Waals surface area contributed by atoms with Crippen LogP contribution in [0.1, 0.15) is 17.7 Å². The Bertz CT molecular complexity index is 500. The second kappa shape index (κ2) is 9.68. The molecule has 1 heterocycles. The van der Waals surface area contributed by atoms with Crippen LogP contribution in [0.25, 0.3) is 0 Å². The summed E-state index contributed by atoms with van der Waals surface area (Å²) in [6, 6.07) is 9.34. The minimum Gasteiger partial charge on any atom is -0.480 e. The lowest BCUT2D eigenvalue weighted by atomic mass is 10.1. The highest BCUT2D eigenvalue weighted by Crippen LogP contribution is 2.00. The first-order chi connectivity index (χ1) is 10.1. The zero-order valence-corrected chi connectivity index (χ0v) is 11.8. The van der Waals surface area contributed by atoms with E-state index in [1.54, 1.807) is 6.20 Å². The number of aliphatic hydroxyl groups excluding tert-OH is 1. The molecule has 1 atom stereocenters. The number of benzene rings is 1. The van der Waals surface area contributed by atoms with E-state index in [1.165, 1.54) is 11.9 Å². The van der Waals surface area contributed by atoms with E-state index in [2.05, 4.69) is 22.1 Å². The molecule has 21 heavy (non-hydrogen) atoms. The molecule has 114 valence electrons. The monoisotopic (exact) mass is 291 g/mol. The fraction of sp³-hybridized carbons (Fsp3) is 0.333. The van der Waals surface area contributed by atoms with Gasteiger partial charge in [0, 0.05) is 19.2 Å². The molecule has 2 aromatic rings. The van der Waals surface area contributed by atoms with Crippen LogP contribution in [-0.4, -0.2) is 38.8 Å². The average molecular weight is 291 g/mol. The topological polar surface area (TPSA) is 112 Å². The van der Waals surface area contributed by atoms with Crippen LogP contribution >= 0.6 is 0 Å². The Labute approximate surface area is 123 Å². The van der Waals surface area contributed by atoms with E-state index in [1.807, 2.05) is 18.2 Å². The molecule has 2 rings (SSSR count). The third kappa shape index (κ3) is 7.24. The van der Waals surface area contributed by atoms with Crippen LogP contribution in [0, 0.1) is 0 Å². The molecule has 0 saturated carbocycles. The molecule has 0 aliphatic rings. The molecular formula is C15H21N3O3. The maximum absolute atomic E-state index is 10.3. The minimum absolute atomic E-state index is 0.263. The minimum atomic E-state index is -1.01. The number of aromatic amines is 1. The number of nitrogens with two attached hydrogens (primary N) is 1. The number of nitrogens with zero attached hydrogens (tertiary/aromatic N) is 1. The molecule has 1 aromatic carbocycles. The van der Waals surface area contributed by atoms with E-state index in [9.17, 15) is 4.79 Å². The lowest BCUT2D eigenvalue weighted by molar-refractivity contribution is -0.138. The maximum Gasteiger partial charge on any atom is 0.320 e. The van der Waals surface area contributed by atoms with Gasteiger partial charge in [0.25, 0.3) is 0 Å². The Balaban J connectivity index is 0.000000211. The molecule has 0 saturated heterocycles. The van der Waals surface area contributed by atoms with Crippen LogP contribution in [-0.2, 0) is 17.6 Å². The molecule has 6 nitrogen and oxygen atoms in total. The molecule has 5 N–H and O–H groups in total. The number of H-pyrrole nitrogens is 1. The molecule has 0 aliphatic heterocycles. The summed E-state index contributed by atoms with van der Waals surface area (Å²) in [5.41, 5.74) is 7.22. The predicted octanol–water partition coefficient (Wildman–Crippen LogP) is 0.976. The van der Waals surface area contributed by atoms with Gasteiger partial charge in [0.1, 0.15) is 6.04 Å². The normalized spacial score (nSPS) is 11.3. The smallest absolute Gasteiger partial charge is 0.320 e. The fourth-order valence-electron chi connectivity index (χ4n) is 1.64. The summed E-state index contributed by atoms with van der Waals surface area (Å²) in [7, 11) is 0. The molecular weight excluding hydrogens is 270 g/mol. The summed E-state index contributed by atoms with van der Waals surface area (Å²) in [6.07, 6.45) is 5.23. The highest BCUT2D eigenvalue weighted by atomic mass is 16.4. The van der Waals surface area contributed by atoms with Crippen molar-refractivity contribution in [3.8, 4) is 0 Å². The van der Waals surface area contributed by atoms with Crippen LogP contribution in [0.2, 0.25) is 0 Å². The number of aliphatic hydroxyl groups is 1. The Morgan fingerprint density at radius 2 is 2.05 bits per heavy atom. The maximum atomic E-state index is 10.3. The average Bonchev–Trinajstić information content (AvgIpc) is 2.99. The standard InChI is InChI=1S/C9H12O.C6H9N3O2/c10-8-4-7-9-5-2-1-3-6-9;7-5(6(10)11)1-4-2-8-3-9-4/h1-3,5-6,10H,4,7-8H2;2-3,5H,1,7H2,(H,8,9)(H,10,11). The van der Waals surface area contributed by atoms with Crippen LogP contribution in [0.4, 0.5) is 0 Å². The van der Waals surface area contributed by atoms with E-state index in [0.717, 1.165) is 12.8 Å². The van der Waals surface area contributed by atoms with Crippen molar-refractivity contribution >= 4 is 5.97 Å². The number of carboxylic acid groups (broad SMARTS) is 1. The molecule has 0 radical (unpaired) electrons. The van der Waals surface area contributed by atoms with Crippen molar-refractivity contribution < 1.29 is 15.0 Å². The highest BCUT2D eigenvalue weighted by molar-refractivity contribution is 5.73. The molecule has 6 heteroatoms. The summed E-state index contributed by atoms with van der Waals surface area (Å²) in [5.74, 6) is -1.01. The number of aryl methyl sites for hydroxylation is 1. The third-order valence-corrected chi connectivity index (χ3v) is 2.77. The Hall–Kier alpha value is -2.18. The zero-order valence-electron chi connectivity index (χ0n) is 11.8. The predicted molar refractivity (Wildman–Crippen MR) is 79.8 cm³/mol. The van der Waals surface area contributed by atoms with Crippen molar-refractivity contribution in [3.63, 3.8) is 0 Å². The van der Waals surface area contributed by atoms with Gasteiger partial charge >= 0.3 is 5.97 Å². The second-order valence-electron chi connectivity index (χ2n) is 4.52. The molecule has 0 aliphatic carbocycles. The number of hydrogen-bond acceptors (Lipinski definition) is 4. The van der Waals surface area contributed by atoms with Crippen molar-refractivity contribution in [1.29, 1.82) is 0 Å². The third-order valence-electron chi connectivity index (χ3n) is 2.77. The van der Waals surface area contributed by atoms with Gasteiger partial charge in [-0.1, -0.05) is 30.3 Å². The number of carbonyl (C=O) groups is 1. The van der Waals surface area contributed by atoms with Gasteiger partial charge in [-0.25, -0.2) is 4.98 Å². The number of rotatable bonds is 6. The van der Waals surface area contributed by atoms with Gasteiger partial charge in [-0.3, -0.25) is 4.79 Å². The van der Waals surface area contributed by atoms with E-state index < -0.39 is 12.0 Å². The van der Waals surface area contributed by atoms with Gasteiger partial charge in [0.2, 0.25) is 0 Å². The first kappa shape index (κ1) is 16.9. The molecule has 0 fully saturated rings. The number of nitrogens with one attached hydrogen (secondary N) is 1. The van der Waals surface area contributed by atoms with Crippen molar-refractivity contribution in [3.05, 3.63) is 54.1 Å². The number of imidazole rings is 1. The SMILES string of the molecule is NC(Cc1c[nH]cn1)C(=O)O.OCCCc1ccccc1. The second-order valence-corrected chi connectivity index (χ2v) is 4.52. The van der Waals surface area contributed by atoms with E-state index in [4.69, 9.17) is 15.9 Å². The Kier molecular flexibility index (Phi) is 7.78. The van der Waals surface area contributed by atoms with Crippen molar-refractivity contribution in [2.45, 2.75) is 25.3 Å². The van der Waals surface area contributed by atoms with Crippen molar-refractivity contribution in [2.75, 3.05) is 6.61 Å². The number of aliphatic carboxylic acids is 1. The summed E-state index contributed by atoms with van der Waals surface area (Å²) in [5, 5.41) is 16.9. The summed E-state index contributed by atoms with van der Waals surface area (Å²) < 4.78 is 0. The van der Waals surface area contributed by atoms with Gasteiger partial charge in [-0.15, -0.1) is 0 Å². The largest absolute Gasteiger partial charge is 0.480 e. The summed E-state index contributed by atoms with van der Waals surface area (Å²) in [6.45, 7) is 0.287. The molecule has 1 aromatic heterocycles. The van der Waals surface area contributed by atoms with Crippen LogP contribution in [0.15, 0.2) is 42.9 Å². The Morgan fingerprint density at radius 3 is 2.57 bits per heavy atom. The molecule has 0 amide bonds. The van der Waals surface area contributed by atoms with Gasteiger partial charge in [-0.05, 0) is 18.4 Å². The number of carboxylic acids is 1.